The molecule has 16 heavy (non-hydrogen) atoms. The largest absolute Gasteiger partial charge is 0.508 e. The number of phenolic OH excluding ortho intramolecular Hbond substituents is 1. The first-order chi connectivity index (χ1) is 7.65. The summed E-state index contributed by atoms with van der Waals surface area (Å²) in [6.45, 7) is 4.69. The zero-order chi connectivity index (χ0) is 12.0. The lowest BCUT2D eigenvalue weighted by molar-refractivity contribution is 0.464. The van der Waals surface area contributed by atoms with Gasteiger partial charge in [0.15, 0.2) is 0 Å². The van der Waals surface area contributed by atoms with Crippen molar-refractivity contribution in [1.82, 2.24) is 5.32 Å². The molecule has 1 aromatic rings. The number of phenols is 1. The number of halogens is 1. The highest BCUT2D eigenvalue weighted by molar-refractivity contribution is 5.29. The van der Waals surface area contributed by atoms with E-state index in [1.807, 2.05) is 19.9 Å². The van der Waals surface area contributed by atoms with Gasteiger partial charge in [0.05, 0.1) is 0 Å². The molecule has 3 heteroatoms. The number of aromatic hydroxyl groups is 1. The van der Waals surface area contributed by atoms with E-state index in [0.717, 1.165) is 19.0 Å². The standard InChI is InChI=1S/C13H18FNO/c1-3-4-5-8-15-10(2)12-7-6-11(16)9-13(12)14/h3-4,6-7,9-10,15-16H,5,8H2,1-2H3/b4-3+. The second-order valence-electron chi connectivity index (χ2n) is 3.74. The molecule has 0 aliphatic rings. The van der Waals surface area contributed by atoms with Crippen molar-refractivity contribution in [2.75, 3.05) is 6.54 Å². The van der Waals surface area contributed by atoms with Crippen LogP contribution in [0.5, 0.6) is 5.75 Å². The Kier molecular flexibility index (Phi) is 4.99. The van der Waals surface area contributed by atoms with E-state index in [2.05, 4.69) is 11.4 Å². The molecule has 1 rings (SSSR count). The Hall–Kier alpha value is -1.35. The fourth-order valence-corrected chi connectivity index (χ4v) is 1.53. The third kappa shape index (κ3) is 3.66. The molecule has 0 saturated heterocycles. The Morgan fingerprint density at radius 2 is 2.25 bits per heavy atom. The first-order valence-corrected chi connectivity index (χ1v) is 5.48. The molecule has 1 atom stereocenters. The highest BCUT2D eigenvalue weighted by atomic mass is 19.1. The van der Waals surface area contributed by atoms with Crippen molar-refractivity contribution in [3.63, 3.8) is 0 Å². The third-order valence-electron chi connectivity index (χ3n) is 2.45. The van der Waals surface area contributed by atoms with Gasteiger partial charge in [-0.25, -0.2) is 4.39 Å². The van der Waals surface area contributed by atoms with E-state index < -0.39 is 0 Å². The quantitative estimate of drug-likeness (QED) is 0.593. The van der Waals surface area contributed by atoms with Gasteiger partial charge in [0.1, 0.15) is 11.6 Å². The van der Waals surface area contributed by atoms with Gasteiger partial charge in [0.25, 0.3) is 0 Å². The molecule has 0 bridgehead atoms. The molecule has 1 unspecified atom stereocenters. The molecule has 2 nitrogen and oxygen atoms in total. The minimum atomic E-state index is -0.369. The molecule has 0 radical (unpaired) electrons. The molecular weight excluding hydrogens is 205 g/mol. The monoisotopic (exact) mass is 223 g/mol. The number of hydrogen-bond donors (Lipinski definition) is 2. The fourth-order valence-electron chi connectivity index (χ4n) is 1.53. The number of rotatable bonds is 5. The van der Waals surface area contributed by atoms with Gasteiger partial charge in [0, 0.05) is 17.7 Å². The van der Waals surface area contributed by atoms with Crippen LogP contribution in [0.1, 0.15) is 31.9 Å². The van der Waals surface area contributed by atoms with Crippen molar-refractivity contribution in [1.29, 1.82) is 0 Å². The van der Waals surface area contributed by atoms with Gasteiger partial charge >= 0.3 is 0 Å². The lowest BCUT2D eigenvalue weighted by atomic mass is 10.1. The lowest BCUT2D eigenvalue weighted by Gasteiger charge is -2.14. The van der Waals surface area contributed by atoms with Gasteiger partial charge in [-0.3, -0.25) is 0 Å². The number of benzene rings is 1. The Morgan fingerprint density at radius 3 is 2.88 bits per heavy atom. The molecular formula is C13H18FNO. The fraction of sp³-hybridized carbons (Fsp3) is 0.385. The molecule has 0 amide bonds. The van der Waals surface area contributed by atoms with Crippen LogP contribution in [0.25, 0.3) is 0 Å². The molecule has 0 fully saturated rings. The average Bonchev–Trinajstić information content (AvgIpc) is 2.24. The first-order valence-electron chi connectivity index (χ1n) is 5.48. The summed E-state index contributed by atoms with van der Waals surface area (Å²) in [5.74, 6) is -0.409. The van der Waals surface area contributed by atoms with E-state index in [9.17, 15) is 4.39 Å². The molecule has 0 spiro atoms. The Balaban J connectivity index is 2.55. The molecule has 2 N–H and O–H groups in total. The van der Waals surface area contributed by atoms with Gasteiger partial charge in [0.2, 0.25) is 0 Å². The van der Waals surface area contributed by atoms with E-state index in [-0.39, 0.29) is 17.6 Å². The van der Waals surface area contributed by atoms with Crippen LogP contribution in [0.3, 0.4) is 0 Å². The maximum atomic E-state index is 13.5. The van der Waals surface area contributed by atoms with Crippen LogP contribution in [0, 0.1) is 5.82 Å². The van der Waals surface area contributed by atoms with Gasteiger partial charge in [-0.15, -0.1) is 0 Å². The number of hydrogen-bond acceptors (Lipinski definition) is 2. The number of allylic oxidation sites excluding steroid dienone is 1. The topological polar surface area (TPSA) is 32.3 Å². The summed E-state index contributed by atoms with van der Waals surface area (Å²) in [6, 6.07) is 4.20. The van der Waals surface area contributed by atoms with Crippen LogP contribution in [-0.2, 0) is 0 Å². The highest BCUT2D eigenvalue weighted by Gasteiger charge is 2.10. The molecule has 1 aromatic carbocycles. The van der Waals surface area contributed by atoms with Crippen molar-refractivity contribution in [3.05, 3.63) is 41.7 Å². The molecule has 0 aromatic heterocycles. The summed E-state index contributed by atoms with van der Waals surface area (Å²) in [7, 11) is 0. The van der Waals surface area contributed by atoms with Crippen molar-refractivity contribution in [2.45, 2.75) is 26.3 Å². The predicted octanol–water partition coefficient (Wildman–Crippen LogP) is 3.15. The van der Waals surface area contributed by atoms with Crippen LogP contribution < -0.4 is 5.32 Å². The number of nitrogens with one attached hydrogen (secondary N) is 1. The minimum Gasteiger partial charge on any atom is -0.508 e. The second-order valence-corrected chi connectivity index (χ2v) is 3.74. The maximum absolute atomic E-state index is 13.5. The Bertz CT molecular complexity index is 363. The molecule has 0 aliphatic carbocycles. The summed E-state index contributed by atoms with van der Waals surface area (Å²) in [5.41, 5.74) is 0.582. The van der Waals surface area contributed by atoms with Crippen LogP contribution in [0.15, 0.2) is 30.4 Å². The maximum Gasteiger partial charge on any atom is 0.131 e. The molecule has 0 heterocycles. The van der Waals surface area contributed by atoms with Gasteiger partial charge < -0.3 is 10.4 Å². The second kappa shape index (κ2) is 6.28. The van der Waals surface area contributed by atoms with Crippen molar-refractivity contribution < 1.29 is 9.50 Å². The predicted molar refractivity (Wildman–Crippen MR) is 63.9 cm³/mol. The lowest BCUT2D eigenvalue weighted by Crippen LogP contribution is -2.20. The van der Waals surface area contributed by atoms with E-state index >= 15 is 0 Å². The van der Waals surface area contributed by atoms with E-state index in [1.54, 1.807) is 6.07 Å². The van der Waals surface area contributed by atoms with Gasteiger partial charge in [-0.2, -0.15) is 0 Å². The third-order valence-corrected chi connectivity index (χ3v) is 2.45. The normalized spacial score (nSPS) is 13.2. The van der Waals surface area contributed by atoms with E-state index in [1.165, 1.54) is 6.07 Å². The van der Waals surface area contributed by atoms with Crippen molar-refractivity contribution >= 4 is 0 Å². The SMILES string of the molecule is C/C=C/CCNC(C)c1ccc(O)cc1F. The average molecular weight is 223 g/mol. The summed E-state index contributed by atoms with van der Waals surface area (Å²) < 4.78 is 13.5. The summed E-state index contributed by atoms with van der Waals surface area (Å²) in [5, 5.41) is 12.3. The van der Waals surface area contributed by atoms with Crippen LogP contribution in [-0.4, -0.2) is 11.7 Å². The van der Waals surface area contributed by atoms with E-state index in [0.29, 0.717) is 5.56 Å². The van der Waals surface area contributed by atoms with Crippen molar-refractivity contribution in [3.8, 4) is 5.75 Å². The molecule has 0 saturated carbocycles. The highest BCUT2D eigenvalue weighted by Crippen LogP contribution is 2.20. The first kappa shape index (κ1) is 12.7. The van der Waals surface area contributed by atoms with Gasteiger partial charge in [-0.05, 0) is 32.9 Å². The summed E-state index contributed by atoms with van der Waals surface area (Å²) in [4.78, 5) is 0. The van der Waals surface area contributed by atoms with E-state index in [4.69, 9.17) is 5.11 Å². The Morgan fingerprint density at radius 1 is 1.50 bits per heavy atom. The minimum absolute atomic E-state index is 0.0395. The zero-order valence-electron chi connectivity index (χ0n) is 9.70. The van der Waals surface area contributed by atoms with Crippen LogP contribution in [0.2, 0.25) is 0 Å². The van der Waals surface area contributed by atoms with Crippen LogP contribution >= 0.6 is 0 Å². The molecule has 0 aliphatic heterocycles. The smallest absolute Gasteiger partial charge is 0.131 e. The summed E-state index contributed by atoms with van der Waals surface area (Å²) >= 11 is 0. The zero-order valence-corrected chi connectivity index (χ0v) is 9.70. The molecule has 88 valence electrons. The summed E-state index contributed by atoms with van der Waals surface area (Å²) in [6.07, 6.45) is 4.99. The Labute approximate surface area is 95.8 Å². The van der Waals surface area contributed by atoms with Gasteiger partial charge in [-0.1, -0.05) is 18.2 Å². The van der Waals surface area contributed by atoms with Crippen molar-refractivity contribution in [2.24, 2.45) is 0 Å². The van der Waals surface area contributed by atoms with Crippen LogP contribution in [0.4, 0.5) is 4.39 Å².